The molecule has 0 unspecified atom stereocenters. The zero-order valence-corrected chi connectivity index (χ0v) is 21.8. The van der Waals surface area contributed by atoms with Crippen molar-refractivity contribution in [1.29, 1.82) is 0 Å². The minimum atomic E-state index is -3.78. The molecule has 0 bridgehead atoms. The van der Waals surface area contributed by atoms with Crippen molar-refractivity contribution < 1.29 is 17.9 Å². The number of para-hydroxylation sites is 2. The molecule has 4 rings (SSSR count). The van der Waals surface area contributed by atoms with Gasteiger partial charge >= 0.3 is 0 Å². The van der Waals surface area contributed by atoms with E-state index in [1.807, 2.05) is 35.8 Å². The summed E-state index contributed by atoms with van der Waals surface area (Å²) >= 11 is 1.38. The molecular weight excluding hydrogens is 494 g/mol. The third-order valence-electron chi connectivity index (χ3n) is 5.49. The van der Waals surface area contributed by atoms with E-state index in [2.05, 4.69) is 11.6 Å². The number of fused-ring (bicyclic) bond motifs is 1. The molecule has 0 aliphatic carbocycles. The number of rotatable bonds is 9. The zero-order valence-electron chi connectivity index (χ0n) is 20.1. The monoisotopic (exact) mass is 521 g/mol. The number of thiazole rings is 1. The zero-order chi connectivity index (χ0) is 25.7. The SMILES string of the molecule is C=CCn1c(=NC(=O)c2ccc(S(=O)(=O)N(CC)c3ccccc3)cc2)sc2cccc(OCC)c21. The summed E-state index contributed by atoms with van der Waals surface area (Å²) in [7, 11) is -3.78. The Morgan fingerprint density at radius 3 is 2.42 bits per heavy atom. The molecule has 1 heterocycles. The molecule has 0 saturated heterocycles. The third-order valence-corrected chi connectivity index (χ3v) is 8.45. The maximum Gasteiger partial charge on any atom is 0.279 e. The number of hydrogen-bond acceptors (Lipinski definition) is 5. The summed E-state index contributed by atoms with van der Waals surface area (Å²) in [6.07, 6.45) is 1.74. The Morgan fingerprint density at radius 1 is 1.06 bits per heavy atom. The highest BCUT2D eigenvalue weighted by Gasteiger charge is 2.23. The van der Waals surface area contributed by atoms with Gasteiger partial charge in [0.1, 0.15) is 11.3 Å². The van der Waals surface area contributed by atoms with E-state index in [1.165, 1.54) is 39.9 Å². The molecule has 9 heteroatoms. The van der Waals surface area contributed by atoms with Gasteiger partial charge in [-0.1, -0.05) is 41.7 Å². The normalized spacial score (nSPS) is 12.0. The molecule has 7 nitrogen and oxygen atoms in total. The molecule has 0 aliphatic rings. The van der Waals surface area contributed by atoms with Crippen molar-refractivity contribution in [3.8, 4) is 5.75 Å². The van der Waals surface area contributed by atoms with E-state index in [0.717, 1.165) is 16.0 Å². The summed E-state index contributed by atoms with van der Waals surface area (Å²) in [6, 6.07) is 20.5. The van der Waals surface area contributed by atoms with Gasteiger partial charge in [0.25, 0.3) is 15.9 Å². The summed E-state index contributed by atoms with van der Waals surface area (Å²) in [5.74, 6) is 0.257. The van der Waals surface area contributed by atoms with Crippen LogP contribution >= 0.6 is 11.3 Å². The fourth-order valence-corrected chi connectivity index (χ4v) is 6.42. The van der Waals surface area contributed by atoms with Crippen LogP contribution in [0.25, 0.3) is 10.2 Å². The molecule has 3 aromatic carbocycles. The van der Waals surface area contributed by atoms with Gasteiger partial charge in [-0.15, -0.1) is 6.58 Å². The lowest BCUT2D eigenvalue weighted by Crippen LogP contribution is -2.30. The van der Waals surface area contributed by atoms with Crippen LogP contribution in [-0.2, 0) is 16.6 Å². The number of benzene rings is 3. The highest BCUT2D eigenvalue weighted by atomic mass is 32.2. The Bertz CT molecular complexity index is 1550. The lowest BCUT2D eigenvalue weighted by molar-refractivity contribution is 0.0997. The first-order valence-electron chi connectivity index (χ1n) is 11.5. The average molecular weight is 522 g/mol. The number of amides is 1. The molecule has 0 atom stereocenters. The van der Waals surface area contributed by atoms with Crippen LogP contribution in [-0.4, -0.2) is 32.0 Å². The largest absolute Gasteiger partial charge is 0.492 e. The van der Waals surface area contributed by atoms with Crippen molar-refractivity contribution in [3.63, 3.8) is 0 Å². The molecule has 0 saturated carbocycles. The van der Waals surface area contributed by atoms with Gasteiger partial charge in [0.15, 0.2) is 4.80 Å². The summed E-state index contributed by atoms with van der Waals surface area (Å²) < 4.78 is 36.4. The fraction of sp³-hybridized carbons (Fsp3) is 0.185. The molecule has 0 aliphatic heterocycles. The van der Waals surface area contributed by atoms with Gasteiger partial charge in [-0.25, -0.2) is 8.42 Å². The summed E-state index contributed by atoms with van der Waals surface area (Å²) in [5.41, 5.74) is 1.74. The van der Waals surface area contributed by atoms with E-state index in [0.29, 0.717) is 29.2 Å². The minimum absolute atomic E-state index is 0.106. The summed E-state index contributed by atoms with van der Waals surface area (Å²) in [6.45, 7) is 8.78. The van der Waals surface area contributed by atoms with Crippen molar-refractivity contribution in [1.82, 2.24) is 4.57 Å². The number of ether oxygens (including phenoxy) is 1. The van der Waals surface area contributed by atoms with Gasteiger partial charge in [-0.2, -0.15) is 4.99 Å². The van der Waals surface area contributed by atoms with Crippen molar-refractivity contribution in [2.75, 3.05) is 17.5 Å². The molecule has 0 N–H and O–H groups in total. The summed E-state index contributed by atoms with van der Waals surface area (Å²) in [4.78, 5) is 18.0. The molecule has 1 aromatic heterocycles. The average Bonchev–Trinajstić information content (AvgIpc) is 3.23. The Hall–Kier alpha value is -3.69. The van der Waals surface area contributed by atoms with E-state index in [4.69, 9.17) is 4.74 Å². The van der Waals surface area contributed by atoms with Crippen molar-refractivity contribution >= 4 is 43.2 Å². The maximum absolute atomic E-state index is 13.2. The first kappa shape index (κ1) is 25.4. The number of anilines is 1. The molecule has 186 valence electrons. The molecule has 0 radical (unpaired) electrons. The van der Waals surface area contributed by atoms with E-state index in [-0.39, 0.29) is 11.4 Å². The van der Waals surface area contributed by atoms with E-state index >= 15 is 0 Å². The lowest BCUT2D eigenvalue weighted by Gasteiger charge is -2.22. The predicted molar refractivity (Wildman–Crippen MR) is 144 cm³/mol. The van der Waals surface area contributed by atoms with Crippen LogP contribution < -0.4 is 13.8 Å². The van der Waals surface area contributed by atoms with Crippen molar-refractivity contribution in [2.45, 2.75) is 25.3 Å². The number of sulfonamides is 1. The van der Waals surface area contributed by atoms with Gasteiger partial charge in [-0.05, 0) is 62.4 Å². The molecule has 1 amide bonds. The standard InChI is InChI=1S/C27H27N3O4S2/c1-4-19-29-25-23(34-6-3)13-10-14-24(25)35-27(29)28-26(31)20-15-17-22(18-16-20)36(32,33)30(5-2)21-11-8-7-9-12-21/h4,7-18H,1,5-6,19H2,2-3H3. The first-order valence-corrected chi connectivity index (χ1v) is 13.8. The van der Waals surface area contributed by atoms with Crippen LogP contribution in [0.5, 0.6) is 5.75 Å². The second-order valence-electron chi connectivity index (χ2n) is 7.77. The van der Waals surface area contributed by atoms with Crippen LogP contribution in [0.3, 0.4) is 0 Å². The lowest BCUT2D eigenvalue weighted by atomic mass is 10.2. The Balaban J connectivity index is 1.69. The Kier molecular flexibility index (Phi) is 7.71. The topological polar surface area (TPSA) is 81.0 Å². The van der Waals surface area contributed by atoms with Crippen LogP contribution in [0.15, 0.2) is 95.3 Å². The molecule has 4 aromatic rings. The van der Waals surface area contributed by atoms with Crippen molar-refractivity contribution in [2.24, 2.45) is 4.99 Å². The molecule has 0 fully saturated rings. The molecule has 36 heavy (non-hydrogen) atoms. The third kappa shape index (κ3) is 4.98. The Labute approximate surface area is 214 Å². The molecular formula is C27H27N3O4S2. The van der Waals surface area contributed by atoms with Crippen LogP contribution in [0.1, 0.15) is 24.2 Å². The van der Waals surface area contributed by atoms with Crippen LogP contribution in [0, 0.1) is 0 Å². The summed E-state index contributed by atoms with van der Waals surface area (Å²) in [5, 5.41) is 0. The minimum Gasteiger partial charge on any atom is -0.492 e. The predicted octanol–water partition coefficient (Wildman–Crippen LogP) is 5.24. The van der Waals surface area contributed by atoms with Gasteiger partial charge in [0.05, 0.1) is 21.9 Å². The number of carbonyl (C=O) groups is 1. The number of aromatic nitrogens is 1. The maximum atomic E-state index is 13.2. The van der Waals surface area contributed by atoms with Gasteiger partial charge in [-0.3, -0.25) is 9.10 Å². The number of hydrogen-bond donors (Lipinski definition) is 0. The second kappa shape index (κ2) is 10.9. The van der Waals surface area contributed by atoms with Gasteiger partial charge in [0.2, 0.25) is 0 Å². The number of carbonyl (C=O) groups excluding carboxylic acids is 1. The molecule has 0 spiro atoms. The number of nitrogens with zero attached hydrogens (tertiary/aromatic N) is 3. The smallest absolute Gasteiger partial charge is 0.279 e. The highest BCUT2D eigenvalue weighted by molar-refractivity contribution is 7.92. The number of allylic oxidation sites excluding steroid dienone is 1. The first-order chi connectivity index (χ1) is 17.4. The van der Waals surface area contributed by atoms with Crippen LogP contribution in [0.4, 0.5) is 5.69 Å². The highest BCUT2D eigenvalue weighted by Crippen LogP contribution is 2.28. The quantitative estimate of drug-likeness (QED) is 0.282. The second-order valence-corrected chi connectivity index (χ2v) is 10.6. The van der Waals surface area contributed by atoms with E-state index < -0.39 is 15.9 Å². The van der Waals surface area contributed by atoms with Crippen LogP contribution in [0.2, 0.25) is 0 Å². The van der Waals surface area contributed by atoms with E-state index in [9.17, 15) is 13.2 Å². The fourth-order valence-electron chi connectivity index (χ4n) is 3.89. The van der Waals surface area contributed by atoms with Gasteiger partial charge < -0.3 is 9.30 Å². The van der Waals surface area contributed by atoms with Crippen molar-refractivity contribution in [3.05, 3.63) is 95.8 Å². The van der Waals surface area contributed by atoms with Gasteiger partial charge in [0, 0.05) is 18.7 Å². The van der Waals surface area contributed by atoms with E-state index in [1.54, 1.807) is 37.3 Å². The Morgan fingerprint density at radius 2 is 1.78 bits per heavy atom.